The number of benzene rings is 1. The summed E-state index contributed by atoms with van der Waals surface area (Å²) in [5.41, 5.74) is 2.29. The van der Waals surface area contributed by atoms with Gasteiger partial charge in [0.05, 0.1) is 23.2 Å². The predicted molar refractivity (Wildman–Crippen MR) is 75.6 cm³/mol. The lowest BCUT2D eigenvalue weighted by Gasteiger charge is -2.24. The molecule has 0 aliphatic heterocycles. The van der Waals surface area contributed by atoms with Crippen LogP contribution in [0.15, 0.2) is 24.4 Å². The van der Waals surface area contributed by atoms with Crippen LogP contribution in [0.25, 0.3) is 0 Å². The fourth-order valence-electron chi connectivity index (χ4n) is 2.82. The minimum atomic E-state index is -0.613. The van der Waals surface area contributed by atoms with Crippen molar-refractivity contribution in [2.24, 2.45) is 7.05 Å². The molecule has 6 nitrogen and oxygen atoms in total. The molecule has 1 aliphatic carbocycles. The Labute approximate surface area is 120 Å². The molecule has 0 fully saturated rings. The molecule has 1 heterocycles. The van der Waals surface area contributed by atoms with Gasteiger partial charge in [0.2, 0.25) is 0 Å². The average molecular weight is 290 g/mol. The van der Waals surface area contributed by atoms with Crippen LogP contribution in [-0.2, 0) is 13.5 Å². The second-order valence-corrected chi connectivity index (χ2v) is 5.18. The number of nitrogens with zero attached hydrogens (tertiary/aromatic N) is 3. The van der Waals surface area contributed by atoms with Gasteiger partial charge in [-0.15, -0.1) is 0 Å². The van der Waals surface area contributed by atoms with Crippen LogP contribution in [0, 0.1) is 15.9 Å². The van der Waals surface area contributed by atoms with Crippen LogP contribution in [0.2, 0.25) is 0 Å². The first kappa shape index (κ1) is 13.5. The van der Waals surface area contributed by atoms with E-state index in [-0.39, 0.29) is 11.7 Å². The van der Waals surface area contributed by atoms with Crippen molar-refractivity contribution < 1.29 is 9.31 Å². The van der Waals surface area contributed by atoms with E-state index in [9.17, 15) is 14.5 Å². The SMILES string of the molecule is Cn1ncc2c1CCCC2Nc1ccc(F)cc1[N+](=O)[O-]. The highest BCUT2D eigenvalue weighted by molar-refractivity contribution is 5.62. The van der Waals surface area contributed by atoms with Gasteiger partial charge in [-0.25, -0.2) is 4.39 Å². The molecule has 0 spiro atoms. The normalized spacial score (nSPS) is 17.3. The number of nitro benzene ring substituents is 1. The minimum absolute atomic E-state index is 0.0355. The molecule has 7 heteroatoms. The van der Waals surface area contributed by atoms with Crippen molar-refractivity contribution in [3.63, 3.8) is 0 Å². The van der Waals surface area contributed by atoms with Crippen LogP contribution in [0.4, 0.5) is 15.8 Å². The maximum atomic E-state index is 13.2. The Morgan fingerprint density at radius 2 is 2.33 bits per heavy atom. The third-order valence-corrected chi connectivity index (χ3v) is 3.86. The van der Waals surface area contributed by atoms with E-state index in [1.54, 1.807) is 6.20 Å². The quantitative estimate of drug-likeness (QED) is 0.696. The third kappa shape index (κ3) is 2.46. The van der Waals surface area contributed by atoms with Crippen molar-refractivity contribution in [2.75, 3.05) is 5.32 Å². The molecule has 0 saturated heterocycles. The zero-order chi connectivity index (χ0) is 15.0. The van der Waals surface area contributed by atoms with E-state index < -0.39 is 10.7 Å². The summed E-state index contributed by atoms with van der Waals surface area (Å²) < 4.78 is 15.0. The number of nitro groups is 1. The van der Waals surface area contributed by atoms with Crippen molar-refractivity contribution in [3.05, 3.63) is 51.6 Å². The lowest BCUT2D eigenvalue weighted by Crippen LogP contribution is -2.18. The fraction of sp³-hybridized carbons (Fsp3) is 0.357. The average Bonchev–Trinajstić information content (AvgIpc) is 2.83. The Morgan fingerprint density at radius 3 is 3.10 bits per heavy atom. The standard InChI is InChI=1S/C14H15FN4O2/c1-18-13-4-2-3-11(10(13)8-16-18)17-12-6-5-9(15)7-14(12)19(20)21/h5-8,11,17H,2-4H2,1H3. The van der Waals surface area contributed by atoms with E-state index in [2.05, 4.69) is 10.4 Å². The highest BCUT2D eigenvalue weighted by Gasteiger charge is 2.25. The molecule has 1 N–H and O–H groups in total. The smallest absolute Gasteiger partial charge is 0.295 e. The Bertz CT molecular complexity index is 698. The van der Waals surface area contributed by atoms with E-state index >= 15 is 0 Å². The van der Waals surface area contributed by atoms with E-state index in [1.807, 2.05) is 11.7 Å². The molecule has 3 rings (SSSR count). The number of nitrogens with one attached hydrogen (secondary N) is 1. The van der Waals surface area contributed by atoms with Gasteiger partial charge < -0.3 is 5.32 Å². The van der Waals surface area contributed by atoms with Crippen molar-refractivity contribution in [1.82, 2.24) is 9.78 Å². The molecule has 0 bridgehead atoms. The molecule has 1 unspecified atom stereocenters. The number of hydrogen-bond donors (Lipinski definition) is 1. The highest BCUT2D eigenvalue weighted by atomic mass is 19.1. The van der Waals surface area contributed by atoms with Crippen LogP contribution in [0.3, 0.4) is 0 Å². The van der Waals surface area contributed by atoms with Gasteiger partial charge in [-0.2, -0.15) is 5.10 Å². The summed E-state index contributed by atoms with van der Waals surface area (Å²) in [6, 6.07) is 3.54. The van der Waals surface area contributed by atoms with E-state index in [0.29, 0.717) is 5.69 Å². The van der Waals surface area contributed by atoms with Crippen molar-refractivity contribution in [3.8, 4) is 0 Å². The van der Waals surface area contributed by atoms with Gasteiger partial charge in [0.25, 0.3) is 5.69 Å². The molecule has 1 atom stereocenters. The summed E-state index contributed by atoms with van der Waals surface area (Å²) in [6.45, 7) is 0. The maximum Gasteiger partial charge on any atom is 0.295 e. The number of aromatic nitrogens is 2. The van der Waals surface area contributed by atoms with Crippen LogP contribution >= 0.6 is 0 Å². The number of rotatable bonds is 3. The molecule has 2 aromatic rings. The van der Waals surface area contributed by atoms with Crippen molar-refractivity contribution >= 4 is 11.4 Å². The predicted octanol–water partition coefficient (Wildman–Crippen LogP) is 2.96. The summed E-state index contributed by atoms with van der Waals surface area (Å²) >= 11 is 0. The number of anilines is 1. The second kappa shape index (κ2) is 5.16. The Kier molecular flexibility index (Phi) is 3.32. The van der Waals surface area contributed by atoms with Gasteiger partial charge in [0.15, 0.2) is 0 Å². The lowest BCUT2D eigenvalue weighted by molar-refractivity contribution is -0.384. The van der Waals surface area contributed by atoms with Crippen molar-refractivity contribution in [2.45, 2.75) is 25.3 Å². The molecule has 1 aromatic heterocycles. The number of halogens is 1. The monoisotopic (exact) mass is 290 g/mol. The molecule has 1 aliphatic rings. The Morgan fingerprint density at radius 1 is 1.52 bits per heavy atom. The molecule has 21 heavy (non-hydrogen) atoms. The van der Waals surface area contributed by atoms with E-state index in [1.165, 1.54) is 12.1 Å². The van der Waals surface area contributed by atoms with Gasteiger partial charge in [0.1, 0.15) is 11.5 Å². The van der Waals surface area contributed by atoms with Crippen LogP contribution in [0.1, 0.15) is 30.1 Å². The second-order valence-electron chi connectivity index (χ2n) is 5.18. The van der Waals surface area contributed by atoms with Gasteiger partial charge >= 0.3 is 0 Å². The molecule has 0 saturated carbocycles. The summed E-state index contributed by atoms with van der Waals surface area (Å²) in [5, 5.41) is 18.5. The summed E-state index contributed by atoms with van der Waals surface area (Å²) in [5.74, 6) is -0.613. The molecule has 0 radical (unpaired) electrons. The summed E-state index contributed by atoms with van der Waals surface area (Å²) in [6.07, 6.45) is 4.60. The molecular formula is C14H15FN4O2. The first-order valence-corrected chi connectivity index (χ1v) is 6.77. The van der Waals surface area contributed by atoms with Crippen LogP contribution in [-0.4, -0.2) is 14.7 Å². The topological polar surface area (TPSA) is 73.0 Å². The molecule has 110 valence electrons. The van der Waals surface area contributed by atoms with Crippen LogP contribution in [0.5, 0.6) is 0 Å². The number of hydrogen-bond acceptors (Lipinski definition) is 4. The first-order valence-electron chi connectivity index (χ1n) is 6.77. The van der Waals surface area contributed by atoms with E-state index in [4.69, 9.17) is 0 Å². The van der Waals surface area contributed by atoms with Gasteiger partial charge in [-0.3, -0.25) is 14.8 Å². The van der Waals surface area contributed by atoms with E-state index in [0.717, 1.165) is 36.6 Å². The summed E-state index contributed by atoms with van der Waals surface area (Å²) in [7, 11) is 1.89. The number of fused-ring (bicyclic) bond motifs is 1. The molecule has 0 amide bonds. The highest BCUT2D eigenvalue weighted by Crippen LogP contribution is 2.35. The number of aryl methyl sites for hydroxylation is 1. The molecular weight excluding hydrogens is 275 g/mol. The Balaban J connectivity index is 1.93. The van der Waals surface area contributed by atoms with Crippen LogP contribution < -0.4 is 5.32 Å². The largest absolute Gasteiger partial charge is 0.373 e. The van der Waals surface area contributed by atoms with Crippen molar-refractivity contribution in [1.29, 1.82) is 0 Å². The first-order chi connectivity index (χ1) is 10.1. The van der Waals surface area contributed by atoms with Gasteiger partial charge in [-0.1, -0.05) is 0 Å². The molecule has 1 aromatic carbocycles. The fourth-order valence-corrected chi connectivity index (χ4v) is 2.82. The lowest BCUT2D eigenvalue weighted by atomic mass is 9.92. The third-order valence-electron chi connectivity index (χ3n) is 3.86. The zero-order valence-electron chi connectivity index (χ0n) is 11.5. The minimum Gasteiger partial charge on any atom is -0.373 e. The Hall–Kier alpha value is -2.44. The zero-order valence-corrected chi connectivity index (χ0v) is 11.5. The van der Waals surface area contributed by atoms with Gasteiger partial charge in [0, 0.05) is 18.3 Å². The maximum absolute atomic E-state index is 13.2. The summed E-state index contributed by atoms with van der Waals surface area (Å²) in [4.78, 5) is 10.5. The van der Waals surface area contributed by atoms with Gasteiger partial charge in [-0.05, 0) is 31.4 Å².